The maximum Gasteiger partial charge on any atom is 0.162 e. The van der Waals surface area contributed by atoms with Crippen LogP contribution < -0.4 is 0 Å². The molecule has 2 aromatic carbocycles. The second-order valence-corrected chi connectivity index (χ2v) is 5.21. The van der Waals surface area contributed by atoms with Gasteiger partial charge in [-0.05, 0) is 33.6 Å². The molecule has 1 aromatic heterocycles. The predicted octanol–water partition coefficient (Wildman–Crippen LogP) is 4.33. The lowest BCUT2D eigenvalue weighted by Crippen LogP contribution is -1.97. The Morgan fingerprint density at radius 3 is 2.70 bits per heavy atom. The molecule has 1 heterocycles. The van der Waals surface area contributed by atoms with Crippen LogP contribution in [0, 0.1) is 17.5 Å². The number of hydrogen-bond donors (Lipinski definition) is 1. The normalized spacial score (nSPS) is 11.2. The minimum atomic E-state index is -0.896. The highest BCUT2D eigenvalue weighted by Gasteiger charge is 2.12. The van der Waals surface area contributed by atoms with Crippen LogP contribution in [0.25, 0.3) is 11.0 Å². The highest BCUT2D eigenvalue weighted by molar-refractivity contribution is 9.10. The Labute approximate surface area is 120 Å². The molecule has 1 N–H and O–H groups in total. The molecule has 0 amide bonds. The summed E-state index contributed by atoms with van der Waals surface area (Å²) < 4.78 is 40.4. The summed E-state index contributed by atoms with van der Waals surface area (Å²) in [6.07, 6.45) is 0.109. The Morgan fingerprint density at radius 2 is 1.90 bits per heavy atom. The summed E-state index contributed by atoms with van der Waals surface area (Å²) in [5, 5.41) is 0. The van der Waals surface area contributed by atoms with E-state index in [1.807, 2.05) is 0 Å². The molecular weight excluding hydrogens is 333 g/mol. The summed E-state index contributed by atoms with van der Waals surface area (Å²) in [6, 6.07) is 6.82. The van der Waals surface area contributed by atoms with Gasteiger partial charge in [-0.3, -0.25) is 0 Å². The van der Waals surface area contributed by atoms with Gasteiger partial charge in [0.15, 0.2) is 11.6 Å². The molecule has 2 nitrogen and oxygen atoms in total. The molecule has 0 unspecified atom stereocenters. The number of halogens is 4. The Hall–Kier alpha value is -1.82. The fourth-order valence-corrected chi connectivity index (χ4v) is 2.34. The molecule has 20 heavy (non-hydrogen) atoms. The Kier molecular flexibility index (Phi) is 3.25. The molecule has 0 spiro atoms. The third-order valence-corrected chi connectivity index (χ3v) is 3.57. The Bertz CT molecular complexity index is 759. The zero-order valence-electron chi connectivity index (χ0n) is 10.1. The van der Waals surface area contributed by atoms with E-state index in [2.05, 4.69) is 25.9 Å². The molecule has 0 aliphatic carbocycles. The molecule has 102 valence electrons. The van der Waals surface area contributed by atoms with E-state index < -0.39 is 17.5 Å². The van der Waals surface area contributed by atoms with E-state index in [1.165, 1.54) is 24.3 Å². The van der Waals surface area contributed by atoms with Crippen LogP contribution in [0.1, 0.15) is 11.4 Å². The van der Waals surface area contributed by atoms with E-state index in [9.17, 15) is 13.2 Å². The van der Waals surface area contributed by atoms with Crippen LogP contribution >= 0.6 is 15.9 Å². The van der Waals surface area contributed by atoms with Crippen molar-refractivity contribution in [2.75, 3.05) is 0 Å². The highest BCUT2D eigenvalue weighted by atomic mass is 79.9. The molecule has 3 aromatic rings. The lowest BCUT2D eigenvalue weighted by atomic mass is 10.1. The van der Waals surface area contributed by atoms with Crippen LogP contribution in [-0.2, 0) is 6.42 Å². The first kappa shape index (κ1) is 13.2. The number of H-pyrrole nitrogens is 1. The van der Waals surface area contributed by atoms with Crippen molar-refractivity contribution in [1.29, 1.82) is 0 Å². The van der Waals surface area contributed by atoms with E-state index >= 15 is 0 Å². The van der Waals surface area contributed by atoms with Crippen molar-refractivity contribution in [2.24, 2.45) is 0 Å². The van der Waals surface area contributed by atoms with Gasteiger partial charge in [-0.1, -0.05) is 12.1 Å². The molecule has 0 atom stereocenters. The van der Waals surface area contributed by atoms with Crippen LogP contribution in [-0.4, -0.2) is 9.97 Å². The number of fused-ring (bicyclic) bond motifs is 1. The Balaban J connectivity index is 2.01. The lowest BCUT2D eigenvalue weighted by molar-refractivity contribution is 0.500. The molecular formula is C14H8BrF3N2. The summed E-state index contributed by atoms with van der Waals surface area (Å²) in [5.41, 5.74) is 1.27. The van der Waals surface area contributed by atoms with Crippen molar-refractivity contribution in [2.45, 2.75) is 6.42 Å². The van der Waals surface area contributed by atoms with Gasteiger partial charge in [0.05, 0.1) is 15.5 Å². The number of aromatic nitrogens is 2. The number of aromatic amines is 1. The second kappa shape index (κ2) is 4.94. The molecule has 0 aliphatic rings. The van der Waals surface area contributed by atoms with Gasteiger partial charge in [-0.15, -0.1) is 0 Å². The van der Waals surface area contributed by atoms with Gasteiger partial charge in [0.25, 0.3) is 0 Å². The fraction of sp³-hybridized carbons (Fsp3) is 0.0714. The van der Waals surface area contributed by atoms with Gasteiger partial charge in [0.1, 0.15) is 11.6 Å². The maximum atomic E-state index is 13.6. The average Bonchev–Trinajstić information content (AvgIpc) is 2.77. The van der Waals surface area contributed by atoms with Gasteiger partial charge in [-0.2, -0.15) is 0 Å². The smallest absolute Gasteiger partial charge is 0.162 e. The zero-order chi connectivity index (χ0) is 14.3. The van der Waals surface area contributed by atoms with Crippen LogP contribution in [0.3, 0.4) is 0 Å². The zero-order valence-corrected chi connectivity index (χ0v) is 11.6. The third kappa shape index (κ3) is 2.31. The standard InChI is InChI=1S/C14H8BrF3N2/c15-8-5-11-12(6-10(8)17)20-13(19-11)4-7-2-1-3-9(16)14(7)18/h1-3,5-6H,4H2,(H,19,20). The van der Waals surface area contributed by atoms with E-state index in [1.54, 1.807) is 0 Å². The van der Waals surface area contributed by atoms with Gasteiger partial charge < -0.3 is 4.98 Å². The van der Waals surface area contributed by atoms with Crippen LogP contribution in [0.4, 0.5) is 13.2 Å². The minimum Gasteiger partial charge on any atom is -0.342 e. The first-order valence-corrected chi connectivity index (χ1v) is 6.60. The summed E-state index contributed by atoms with van der Waals surface area (Å²) in [7, 11) is 0. The molecule has 0 saturated heterocycles. The topological polar surface area (TPSA) is 28.7 Å². The second-order valence-electron chi connectivity index (χ2n) is 4.36. The number of nitrogens with zero attached hydrogens (tertiary/aromatic N) is 1. The van der Waals surface area contributed by atoms with Gasteiger partial charge in [-0.25, -0.2) is 18.2 Å². The largest absolute Gasteiger partial charge is 0.342 e. The molecule has 0 aliphatic heterocycles. The summed E-state index contributed by atoms with van der Waals surface area (Å²) in [6.45, 7) is 0. The number of benzene rings is 2. The van der Waals surface area contributed by atoms with Crippen LogP contribution in [0.5, 0.6) is 0 Å². The van der Waals surface area contributed by atoms with Gasteiger partial charge >= 0.3 is 0 Å². The van der Waals surface area contributed by atoms with E-state index in [0.717, 1.165) is 6.07 Å². The molecule has 0 bridgehead atoms. The molecule has 0 fully saturated rings. The number of rotatable bonds is 2. The fourth-order valence-electron chi connectivity index (χ4n) is 2.01. The number of hydrogen-bond acceptors (Lipinski definition) is 1. The monoisotopic (exact) mass is 340 g/mol. The maximum absolute atomic E-state index is 13.6. The first-order chi connectivity index (χ1) is 9.54. The van der Waals surface area contributed by atoms with Crippen LogP contribution in [0.15, 0.2) is 34.8 Å². The van der Waals surface area contributed by atoms with Crippen molar-refractivity contribution in [3.63, 3.8) is 0 Å². The minimum absolute atomic E-state index is 0.109. The van der Waals surface area contributed by atoms with E-state index in [-0.39, 0.29) is 12.0 Å². The highest BCUT2D eigenvalue weighted by Crippen LogP contribution is 2.23. The lowest BCUT2D eigenvalue weighted by Gasteiger charge is -2.01. The first-order valence-electron chi connectivity index (χ1n) is 5.81. The van der Waals surface area contributed by atoms with Gasteiger partial charge in [0, 0.05) is 12.5 Å². The van der Waals surface area contributed by atoms with E-state index in [4.69, 9.17) is 0 Å². The van der Waals surface area contributed by atoms with Crippen molar-refractivity contribution in [3.8, 4) is 0 Å². The van der Waals surface area contributed by atoms with Crippen molar-refractivity contribution in [3.05, 3.63) is 63.6 Å². The SMILES string of the molecule is Fc1cc2[nH]c(Cc3cccc(F)c3F)nc2cc1Br. The molecule has 0 radical (unpaired) electrons. The van der Waals surface area contributed by atoms with Gasteiger partial charge in [0.2, 0.25) is 0 Å². The van der Waals surface area contributed by atoms with Crippen molar-refractivity contribution in [1.82, 2.24) is 9.97 Å². The molecule has 3 rings (SSSR count). The molecule has 0 saturated carbocycles. The van der Waals surface area contributed by atoms with E-state index in [0.29, 0.717) is 21.3 Å². The third-order valence-electron chi connectivity index (χ3n) is 2.96. The van der Waals surface area contributed by atoms with Crippen molar-refractivity contribution >= 4 is 27.0 Å². The predicted molar refractivity (Wildman–Crippen MR) is 72.9 cm³/mol. The summed E-state index contributed by atoms with van der Waals surface area (Å²) in [4.78, 5) is 7.14. The average molecular weight is 341 g/mol. The van der Waals surface area contributed by atoms with Crippen molar-refractivity contribution < 1.29 is 13.2 Å². The quantitative estimate of drug-likeness (QED) is 0.738. The summed E-state index contributed by atoms with van der Waals surface area (Å²) in [5.74, 6) is -1.75. The number of imidazole rings is 1. The number of nitrogens with one attached hydrogen (secondary N) is 1. The summed E-state index contributed by atoms with van der Waals surface area (Å²) >= 11 is 3.08. The van der Waals surface area contributed by atoms with Crippen LogP contribution in [0.2, 0.25) is 0 Å². The Morgan fingerprint density at radius 1 is 1.10 bits per heavy atom. The molecule has 6 heteroatoms.